The topological polar surface area (TPSA) is 56.2 Å². The van der Waals surface area contributed by atoms with Crippen LogP contribution < -0.4 is 5.32 Å². The maximum Gasteiger partial charge on any atom is 0.255 e. The molecule has 1 N–H and O–H groups in total. The molecule has 116 valence electrons. The van der Waals surface area contributed by atoms with E-state index in [9.17, 15) is 4.79 Å². The van der Waals surface area contributed by atoms with Gasteiger partial charge in [-0.25, -0.2) is 4.68 Å². The maximum absolute atomic E-state index is 12.4. The minimum atomic E-state index is -0.104. The molecule has 2 heterocycles. The van der Waals surface area contributed by atoms with Gasteiger partial charge in [0.05, 0.1) is 29.6 Å². The van der Waals surface area contributed by atoms with E-state index in [2.05, 4.69) is 10.4 Å². The fourth-order valence-electron chi connectivity index (χ4n) is 2.53. The number of rotatable bonds is 3. The highest BCUT2D eigenvalue weighted by atomic mass is 35.5. The van der Waals surface area contributed by atoms with Crippen molar-refractivity contribution in [3.8, 4) is 5.69 Å². The average Bonchev–Trinajstić information content (AvgIpc) is 2.91. The van der Waals surface area contributed by atoms with Crippen molar-refractivity contribution in [2.75, 3.05) is 13.2 Å². The summed E-state index contributed by atoms with van der Waals surface area (Å²) in [6.45, 7) is 3.19. The molecule has 1 fully saturated rings. The molecule has 1 aliphatic rings. The monoisotopic (exact) mass is 319 g/mol. The second-order valence-corrected chi connectivity index (χ2v) is 5.87. The Balaban J connectivity index is 1.76. The second kappa shape index (κ2) is 6.50. The van der Waals surface area contributed by atoms with Gasteiger partial charge < -0.3 is 10.1 Å². The molecule has 0 unspecified atom stereocenters. The van der Waals surface area contributed by atoms with E-state index in [-0.39, 0.29) is 11.9 Å². The largest absolute Gasteiger partial charge is 0.379 e. The Morgan fingerprint density at radius 3 is 2.86 bits per heavy atom. The molecular weight excluding hydrogens is 302 g/mol. The van der Waals surface area contributed by atoms with Gasteiger partial charge in [0.25, 0.3) is 5.91 Å². The number of carbonyl (C=O) groups is 1. The quantitative estimate of drug-likeness (QED) is 0.946. The molecule has 22 heavy (non-hydrogen) atoms. The summed E-state index contributed by atoms with van der Waals surface area (Å²) >= 11 is 5.89. The van der Waals surface area contributed by atoms with Crippen LogP contribution in [0.15, 0.2) is 30.5 Å². The fraction of sp³-hybridized carbons (Fsp3) is 0.375. The Morgan fingerprint density at radius 2 is 2.18 bits per heavy atom. The lowest BCUT2D eigenvalue weighted by atomic mass is 10.1. The van der Waals surface area contributed by atoms with Crippen molar-refractivity contribution < 1.29 is 9.53 Å². The Hall–Kier alpha value is -1.85. The number of halogens is 1. The Labute approximate surface area is 134 Å². The van der Waals surface area contributed by atoms with E-state index in [4.69, 9.17) is 16.3 Å². The number of amides is 1. The highest BCUT2D eigenvalue weighted by Gasteiger charge is 2.20. The molecule has 3 rings (SSSR count). The third-order valence-corrected chi connectivity index (χ3v) is 3.98. The molecule has 1 atom stereocenters. The molecule has 1 aromatic carbocycles. The number of aromatic nitrogens is 2. The zero-order valence-electron chi connectivity index (χ0n) is 12.4. The standard InChI is InChI=1S/C16H18ClN3O2/c1-11-15(16(21)18-13-3-2-8-22-10-13)9-20(19-11)14-6-4-12(17)5-7-14/h4-7,9,13H,2-3,8,10H2,1H3,(H,18,21)/t13-/m1/s1. The van der Waals surface area contributed by atoms with Gasteiger partial charge in [0.15, 0.2) is 0 Å². The summed E-state index contributed by atoms with van der Waals surface area (Å²) in [5.74, 6) is -0.104. The molecule has 5 nitrogen and oxygen atoms in total. The Morgan fingerprint density at radius 1 is 1.41 bits per heavy atom. The van der Waals surface area contributed by atoms with Crippen LogP contribution in [0, 0.1) is 6.92 Å². The third-order valence-electron chi connectivity index (χ3n) is 3.73. The van der Waals surface area contributed by atoms with Gasteiger partial charge in [-0.2, -0.15) is 5.10 Å². The van der Waals surface area contributed by atoms with Crippen LogP contribution in [-0.4, -0.2) is 34.9 Å². The number of hydrogen-bond donors (Lipinski definition) is 1. The Kier molecular flexibility index (Phi) is 4.45. The number of nitrogens with one attached hydrogen (secondary N) is 1. The summed E-state index contributed by atoms with van der Waals surface area (Å²) in [6, 6.07) is 7.41. The van der Waals surface area contributed by atoms with Gasteiger partial charge >= 0.3 is 0 Å². The van der Waals surface area contributed by atoms with Gasteiger partial charge in [-0.3, -0.25) is 4.79 Å². The van der Waals surface area contributed by atoms with Crippen LogP contribution in [-0.2, 0) is 4.74 Å². The van der Waals surface area contributed by atoms with Gasteiger partial charge in [0, 0.05) is 17.8 Å². The number of benzene rings is 1. The molecule has 6 heteroatoms. The normalized spacial score (nSPS) is 18.2. The minimum absolute atomic E-state index is 0.0829. The van der Waals surface area contributed by atoms with Crippen molar-refractivity contribution in [3.63, 3.8) is 0 Å². The van der Waals surface area contributed by atoms with Crippen molar-refractivity contribution in [2.45, 2.75) is 25.8 Å². The average molecular weight is 320 g/mol. The molecule has 0 radical (unpaired) electrons. The minimum Gasteiger partial charge on any atom is -0.379 e. The first-order valence-corrected chi connectivity index (χ1v) is 7.72. The lowest BCUT2D eigenvalue weighted by Crippen LogP contribution is -2.40. The lowest BCUT2D eigenvalue weighted by Gasteiger charge is -2.22. The van der Waals surface area contributed by atoms with E-state index in [1.54, 1.807) is 23.0 Å². The molecule has 0 saturated carbocycles. The van der Waals surface area contributed by atoms with Crippen molar-refractivity contribution in [2.24, 2.45) is 0 Å². The lowest BCUT2D eigenvalue weighted by molar-refractivity contribution is 0.0624. The molecule has 1 amide bonds. The van der Waals surface area contributed by atoms with Crippen LogP contribution in [0.5, 0.6) is 0 Å². The molecule has 1 aliphatic heterocycles. The first-order chi connectivity index (χ1) is 10.6. The molecule has 0 spiro atoms. The van der Waals surface area contributed by atoms with E-state index < -0.39 is 0 Å². The number of aryl methyl sites for hydroxylation is 1. The van der Waals surface area contributed by atoms with E-state index >= 15 is 0 Å². The highest BCUT2D eigenvalue weighted by Crippen LogP contribution is 2.16. The van der Waals surface area contributed by atoms with Crippen molar-refractivity contribution in [1.82, 2.24) is 15.1 Å². The Bertz CT molecular complexity index is 661. The van der Waals surface area contributed by atoms with Crippen LogP contribution in [0.2, 0.25) is 5.02 Å². The van der Waals surface area contributed by atoms with Crippen LogP contribution in [0.3, 0.4) is 0 Å². The zero-order valence-corrected chi connectivity index (χ0v) is 13.1. The first-order valence-electron chi connectivity index (χ1n) is 7.34. The van der Waals surface area contributed by atoms with Crippen molar-refractivity contribution in [3.05, 3.63) is 46.7 Å². The predicted octanol–water partition coefficient (Wildman–Crippen LogP) is 2.74. The van der Waals surface area contributed by atoms with Crippen LogP contribution in [0.1, 0.15) is 28.9 Å². The number of nitrogens with zero attached hydrogens (tertiary/aromatic N) is 2. The number of ether oxygens (including phenoxy) is 1. The molecule has 1 saturated heterocycles. The second-order valence-electron chi connectivity index (χ2n) is 5.44. The maximum atomic E-state index is 12.4. The predicted molar refractivity (Wildman–Crippen MR) is 84.6 cm³/mol. The summed E-state index contributed by atoms with van der Waals surface area (Å²) < 4.78 is 7.08. The van der Waals surface area contributed by atoms with Gasteiger partial charge in [-0.05, 0) is 44.0 Å². The molecular formula is C16H18ClN3O2. The van der Waals surface area contributed by atoms with E-state index in [0.29, 0.717) is 22.9 Å². The first kappa shape index (κ1) is 15.1. The zero-order chi connectivity index (χ0) is 15.5. The van der Waals surface area contributed by atoms with E-state index in [0.717, 1.165) is 25.1 Å². The third kappa shape index (κ3) is 3.31. The summed E-state index contributed by atoms with van der Waals surface area (Å²) in [4.78, 5) is 12.4. The summed E-state index contributed by atoms with van der Waals surface area (Å²) in [6.07, 6.45) is 3.68. The molecule has 0 bridgehead atoms. The van der Waals surface area contributed by atoms with Crippen LogP contribution in [0.25, 0.3) is 5.69 Å². The SMILES string of the molecule is Cc1nn(-c2ccc(Cl)cc2)cc1C(=O)N[C@@H]1CCCOC1. The van der Waals surface area contributed by atoms with Crippen LogP contribution in [0.4, 0.5) is 0 Å². The summed E-state index contributed by atoms with van der Waals surface area (Å²) in [5, 5.41) is 8.09. The smallest absolute Gasteiger partial charge is 0.255 e. The van der Waals surface area contributed by atoms with Crippen molar-refractivity contribution in [1.29, 1.82) is 0 Å². The molecule has 1 aromatic heterocycles. The molecule has 0 aliphatic carbocycles. The van der Waals surface area contributed by atoms with Gasteiger partial charge in [-0.1, -0.05) is 11.6 Å². The van der Waals surface area contributed by atoms with Crippen molar-refractivity contribution >= 4 is 17.5 Å². The molecule has 2 aromatic rings. The summed E-state index contributed by atoms with van der Waals surface area (Å²) in [7, 11) is 0. The van der Waals surface area contributed by atoms with Gasteiger partial charge in [-0.15, -0.1) is 0 Å². The van der Waals surface area contributed by atoms with Gasteiger partial charge in [0.2, 0.25) is 0 Å². The van der Waals surface area contributed by atoms with E-state index in [1.807, 2.05) is 19.1 Å². The van der Waals surface area contributed by atoms with Gasteiger partial charge in [0.1, 0.15) is 0 Å². The number of hydrogen-bond acceptors (Lipinski definition) is 3. The van der Waals surface area contributed by atoms with Crippen LogP contribution >= 0.6 is 11.6 Å². The number of carbonyl (C=O) groups excluding carboxylic acids is 1. The highest BCUT2D eigenvalue weighted by molar-refractivity contribution is 6.30. The van der Waals surface area contributed by atoms with E-state index in [1.165, 1.54) is 0 Å². The fourth-order valence-corrected chi connectivity index (χ4v) is 2.65. The summed E-state index contributed by atoms with van der Waals surface area (Å²) in [5.41, 5.74) is 2.15.